The van der Waals surface area contributed by atoms with Crippen molar-refractivity contribution in [2.75, 3.05) is 6.61 Å². The lowest BCUT2D eigenvalue weighted by Gasteiger charge is -2.03. The number of hydrogen-bond acceptors (Lipinski definition) is 6. The van der Waals surface area contributed by atoms with Crippen molar-refractivity contribution in [3.63, 3.8) is 0 Å². The van der Waals surface area contributed by atoms with Crippen LogP contribution in [0.4, 0.5) is 0 Å². The van der Waals surface area contributed by atoms with E-state index in [-0.39, 0.29) is 12.2 Å². The molecule has 0 aliphatic rings. The molecule has 0 atom stereocenters. The lowest BCUT2D eigenvalue weighted by Crippen LogP contribution is -2.10. The number of aromatic nitrogens is 4. The third-order valence-corrected chi connectivity index (χ3v) is 6.54. The van der Waals surface area contributed by atoms with E-state index in [1.54, 1.807) is 30.7 Å². The molecule has 4 aromatic rings. The van der Waals surface area contributed by atoms with Crippen molar-refractivity contribution in [2.24, 2.45) is 0 Å². The summed E-state index contributed by atoms with van der Waals surface area (Å²) < 4.78 is 6.81. The molecule has 0 aliphatic heterocycles. The smallest absolute Gasteiger partial charge is 0.348 e. The van der Waals surface area contributed by atoms with Crippen LogP contribution in [-0.2, 0) is 11.3 Å². The maximum absolute atomic E-state index is 12.6. The number of halogens is 1. The average molecular weight is 469 g/mol. The lowest BCUT2D eigenvalue weighted by atomic mass is 10.2. The van der Waals surface area contributed by atoms with Gasteiger partial charge in [0.1, 0.15) is 20.7 Å². The number of benzene rings is 1. The van der Waals surface area contributed by atoms with E-state index in [1.165, 1.54) is 0 Å². The summed E-state index contributed by atoms with van der Waals surface area (Å²) in [6.45, 7) is 6.16. The molecule has 0 spiro atoms. The molecule has 0 saturated carbocycles. The Kier molecular flexibility index (Phi) is 6.25. The van der Waals surface area contributed by atoms with E-state index in [2.05, 4.69) is 15.1 Å². The summed E-state index contributed by atoms with van der Waals surface area (Å²) in [6.07, 6.45) is 3.46. The van der Waals surface area contributed by atoms with Crippen LogP contribution < -0.4 is 5.56 Å². The third-order valence-electron chi connectivity index (χ3n) is 4.97. The van der Waals surface area contributed by atoms with Crippen molar-refractivity contribution < 1.29 is 9.53 Å². The van der Waals surface area contributed by atoms with Gasteiger partial charge in [0.25, 0.3) is 5.56 Å². The van der Waals surface area contributed by atoms with Crippen LogP contribution in [0.2, 0.25) is 5.15 Å². The fourth-order valence-corrected chi connectivity index (χ4v) is 4.79. The number of ether oxygens (including phenoxy) is 1. The Morgan fingerprint density at radius 3 is 2.72 bits per heavy atom. The topological polar surface area (TPSA) is 89.9 Å². The van der Waals surface area contributed by atoms with E-state index in [1.807, 2.05) is 37.3 Å². The predicted octanol–water partition coefficient (Wildman–Crippen LogP) is 4.85. The van der Waals surface area contributed by atoms with Crippen molar-refractivity contribution in [1.29, 1.82) is 0 Å². The Morgan fingerprint density at radius 1 is 1.25 bits per heavy atom. The number of carbonyl (C=O) groups is 1. The highest BCUT2D eigenvalue weighted by molar-refractivity contribution is 7.20. The largest absolute Gasteiger partial charge is 0.462 e. The minimum atomic E-state index is -0.447. The number of aromatic amines is 1. The lowest BCUT2D eigenvalue weighted by molar-refractivity contribution is 0.0531. The standard InChI is InChI=1S/C23H21ClN4O3S/c1-4-31-23(30)19-13(2)18-21(29)25-17(26-22(18)32-19)11-10-16-14(3)27-28(20(16)24)12-15-8-6-5-7-9-15/h5-11H,4,12H2,1-3H3,(H,25,26,29)/b11-10+. The van der Waals surface area contributed by atoms with Crippen LogP contribution in [0.25, 0.3) is 22.4 Å². The summed E-state index contributed by atoms with van der Waals surface area (Å²) in [5.74, 6) is -0.0804. The monoisotopic (exact) mass is 468 g/mol. The van der Waals surface area contributed by atoms with Crippen LogP contribution in [0.3, 0.4) is 0 Å². The fraction of sp³-hybridized carbons (Fsp3) is 0.217. The van der Waals surface area contributed by atoms with Crippen molar-refractivity contribution in [3.8, 4) is 0 Å². The molecule has 1 aromatic carbocycles. The van der Waals surface area contributed by atoms with Crippen molar-refractivity contribution in [2.45, 2.75) is 27.3 Å². The van der Waals surface area contributed by atoms with E-state index in [0.717, 1.165) is 28.2 Å². The van der Waals surface area contributed by atoms with Gasteiger partial charge in [0.2, 0.25) is 0 Å². The maximum atomic E-state index is 12.6. The average Bonchev–Trinajstić information content (AvgIpc) is 3.23. The van der Waals surface area contributed by atoms with Gasteiger partial charge in [0, 0.05) is 5.56 Å². The second kappa shape index (κ2) is 9.10. The Balaban J connectivity index is 1.66. The van der Waals surface area contributed by atoms with Gasteiger partial charge in [-0.15, -0.1) is 11.3 Å². The molecule has 0 bridgehead atoms. The first kappa shape index (κ1) is 22.0. The Hall–Kier alpha value is -3.23. The fourth-order valence-electron chi connectivity index (χ4n) is 3.41. The Bertz CT molecular complexity index is 1390. The number of thiophene rings is 1. The first-order chi connectivity index (χ1) is 15.4. The maximum Gasteiger partial charge on any atom is 0.348 e. The molecule has 164 valence electrons. The molecule has 0 saturated heterocycles. The zero-order valence-corrected chi connectivity index (χ0v) is 19.4. The summed E-state index contributed by atoms with van der Waals surface area (Å²) in [6, 6.07) is 9.93. The number of esters is 1. The summed E-state index contributed by atoms with van der Waals surface area (Å²) in [5.41, 5.74) is 2.88. The van der Waals surface area contributed by atoms with E-state index in [0.29, 0.717) is 38.2 Å². The van der Waals surface area contributed by atoms with Crippen molar-refractivity contribution in [1.82, 2.24) is 19.7 Å². The molecule has 0 unspecified atom stereocenters. The first-order valence-corrected chi connectivity index (χ1v) is 11.2. The molecule has 9 heteroatoms. The van der Waals surface area contributed by atoms with E-state index in [4.69, 9.17) is 16.3 Å². The first-order valence-electron chi connectivity index (χ1n) is 10.0. The highest BCUT2D eigenvalue weighted by Crippen LogP contribution is 2.28. The molecule has 7 nitrogen and oxygen atoms in total. The zero-order chi connectivity index (χ0) is 22.8. The van der Waals surface area contributed by atoms with Gasteiger partial charge in [0.15, 0.2) is 0 Å². The molecule has 3 aromatic heterocycles. The molecule has 0 amide bonds. The molecular formula is C23H21ClN4O3S. The van der Waals surface area contributed by atoms with E-state index in [9.17, 15) is 9.59 Å². The number of fused-ring (bicyclic) bond motifs is 1. The number of H-pyrrole nitrogens is 1. The SMILES string of the molecule is CCOC(=O)c1sc2nc(/C=C/c3c(C)nn(Cc4ccccc4)c3Cl)[nH]c(=O)c2c1C. The molecule has 4 rings (SSSR count). The van der Waals surface area contributed by atoms with Gasteiger partial charge in [-0.25, -0.2) is 14.5 Å². The van der Waals surface area contributed by atoms with Gasteiger partial charge in [-0.05, 0) is 44.1 Å². The molecule has 0 aliphatic carbocycles. The molecule has 0 radical (unpaired) electrons. The van der Waals surface area contributed by atoms with Crippen molar-refractivity contribution >= 4 is 51.3 Å². The summed E-state index contributed by atoms with van der Waals surface area (Å²) >= 11 is 7.72. The summed E-state index contributed by atoms with van der Waals surface area (Å²) in [4.78, 5) is 33.0. The highest BCUT2D eigenvalue weighted by atomic mass is 35.5. The highest BCUT2D eigenvalue weighted by Gasteiger charge is 2.20. The van der Waals surface area contributed by atoms with E-state index < -0.39 is 5.97 Å². The van der Waals surface area contributed by atoms with Crippen LogP contribution in [0.1, 0.15) is 44.8 Å². The quantitative estimate of drug-likeness (QED) is 0.408. The molecule has 1 N–H and O–H groups in total. The minimum absolute atomic E-state index is 0.266. The van der Waals surface area contributed by atoms with Crippen LogP contribution in [-0.4, -0.2) is 32.3 Å². The van der Waals surface area contributed by atoms with E-state index >= 15 is 0 Å². The van der Waals surface area contributed by atoms with Gasteiger partial charge >= 0.3 is 5.97 Å². The van der Waals surface area contributed by atoms with Gasteiger partial charge in [-0.1, -0.05) is 41.9 Å². The summed E-state index contributed by atoms with van der Waals surface area (Å²) in [5, 5.41) is 5.43. The molecule has 0 fully saturated rings. The number of nitrogens with zero attached hydrogens (tertiary/aromatic N) is 3. The van der Waals surface area contributed by atoms with Crippen molar-refractivity contribution in [3.05, 3.63) is 78.9 Å². The third kappa shape index (κ3) is 4.24. The number of rotatable bonds is 6. The van der Waals surface area contributed by atoms with Crippen LogP contribution in [0, 0.1) is 13.8 Å². The molecule has 3 heterocycles. The van der Waals surface area contributed by atoms with Crippen LogP contribution >= 0.6 is 22.9 Å². The minimum Gasteiger partial charge on any atom is -0.462 e. The number of carbonyl (C=O) groups excluding carboxylic acids is 1. The normalized spacial score (nSPS) is 11.5. The second-order valence-corrected chi connectivity index (χ2v) is 8.53. The Morgan fingerprint density at radius 2 is 2.00 bits per heavy atom. The predicted molar refractivity (Wildman–Crippen MR) is 127 cm³/mol. The van der Waals surface area contributed by atoms with Gasteiger partial charge in [-0.2, -0.15) is 5.10 Å². The number of aryl methyl sites for hydroxylation is 2. The molecular weight excluding hydrogens is 448 g/mol. The Labute approximate surface area is 193 Å². The van der Waals surface area contributed by atoms with Gasteiger partial charge < -0.3 is 9.72 Å². The zero-order valence-electron chi connectivity index (χ0n) is 17.8. The van der Waals surface area contributed by atoms with Crippen LogP contribution in [0.5, 0.6) is 0 Å². The summed E-state index contributed by atoms with van der Waals surface area (Å²) in [7, 11) is 0. The van der Waals surface area contributed by atoms with Gasteiger partial charge in [-0.3, -0.25) is 4.79 Å². The number of nitrogens with one attached hydrogen (secondary N) is 1. The van der Waals surface area contributed by atoms with Gasteiger partial charge in [0.05, 0.1) is 24.2 Å². The van der Waals surface area contributed by atoms with Crippen LogP contribution in [0.15, 0.2) is 35.1 Å². The number of hydrogen-bond donors (Lipinski definition) is 1. The molecule has 32 heavy (non-hydrogen) atoms. The second-order valence-electron chi connectivity index (χ2n) is 7.17.